The maximum absolute atomic E-state index is 10.1. The zero-order valence-corrected chi connectivity index (χ0v) is 8.13. The van der Waals surface area contributed by atoms with E-state index in [1.54, 1.807) is 17.5 Å². The minimum atomic E-state index is -0.833. The number of ether oxygens (including phenoxy) is 1. The molecule has 0 atom stereocenters. The molecular formula is C8H11NO3S. The molecule has 0 amide bonds. The minimum Gasteiger partial charge on any atom is -0.481 e. The van der Waals surface area contributed by atoms with Crippen molar-refractivity contribution in [2.75, 3.05) is 6.61 Å². The topological polar surface area (TPSA) is 59.4 Å². The molecule has 4 nitrogen and oxygen atoms in total. The number of nitrogens with zero attached hydrogens (tertiary/aromatic N) is 1. The highest BCUT2D eigenvalue weighted by molar-refractivity contribution is 7.11. The lowest BCUT2D eigenvalue weighted by molar-refractivity contribution is -0.138. The Kier molecular flexibility index (Phi) is 3.85. The summed E-state index contributed by atoms with van der Waals surface area (Å²) in [6.45, 7) is 2.64. The maximum Gasteiger partial charge on any atom is 0.305 e. The molecule has 72 valence electrons. The summed E-state index contributed by atoms with van der Waals surface area (Å²) >= 11 is 1.56. The van der Waals surface area contributed by atoms with Crippen LogP contribution in [0.15, 0.2) is 6.20 Å². The molecule has 1 rings (SSSR count). The van der Waals surface area contributed by atoms with Crippen LogP contribution in [0.2, 0.25) is 0 Å². The van der Waals surface area contributed by atoms with Gasteiger partial charge in [-0.3, -0.25) is 4.79 Å². The zero-order chi connectivity index (χ0) is 9.68. The quantitative estimate of drug-likeness (QED) is 0.732. The fraction of sp³-hybridized carbons (Fsp3) is 0.500. The third-order valence-electron chi connectivity index (χ3n) is 1.37. The molecule has 0 aliphatic rings. The van der Waals surface area contributed by atoms with E-state index >= 15 is 0 Å². The van der Waals surface area contributed by atoms with E-state index in [4.69, 9.17) is 9.84 Å². The molecule has 0 bridgehead atoms. The van der Waals surface area contributed by atoms with Crippen LogP contribution >= 0.6 is 11.3 Å². The van der Waals surface area contributed by atoms with Crippen molar-refractivity contribution in [3.05, 3.63) is 16.1 Å². The molecule has 0 aliphatic heterocycles. The maximum atomic E-state index is 10.1. The Morgan fingerprint density at radius 2 is 2.54 bits per heavy atom. The average Bonchev–Trinajstić information content (AvgIpc) is 2.45. The molecule has 0 aromatic carbocycles. The summed E-state index contributed by atoms with van der Waals surface area (Å²) in [5.74, 6) is -0.833. The van der Waals surface area contributed by atoms with Gasteiger partial charge in [0.1, 0.15) is 0 Å². The van der Waals surface area contributed by atoms with Crippen LogP contribution < -0.4 is 0 Å². The van der Waals surface area contributed by atoms with Crippen LogP contribution in [0.4, 0.5) is 0 Å². The second-order valence-corrected chi connectivity index (χ2v) is 3.86. The van der Waals surface area contributed by atoms with Gasteiger partial charge in [-0.15, -0.1) is 11.3 Å². The van der Waals surface area contributed by atoms with Gasteiger partial charge in [-0.1, -0.05) is 0 Å². The van der Waals surface area contributed by atoms with Gasteiger partial charge < -0.3 is 9.84 Å². The number of carbonyl (C=O) groups is 1. The monoisotopic (exact) mass is 201 g/mol. The van der Waals surface area contributed by atoms with Crippen molar-refractivity contribution in [3.8, 4) is 0 Å². The molecule has 1 N–H and O–H groups in total. The van der Waals surface area contributed by atoms with Gasteiger partial charge in [0.25, 0.3) is 0 Å². The standard InChI is InChI=1S/C8H11NO3S/c1-6-9-4-7(13-6)5-12-3-2-8(10)11/h4H,2-3,5H2,1H3,(H,10,11). The molecule has 0 aliphatic carbocycles. The summed E-state index contributed by atoms with van der Waals surface area (Å²) in [5, 5.41) is 9.32. The van der Waals surface area contributed by atoms with Crippen LogP contribution in [0.1, 0.15) is 16.3 Å². The fourth-order valence-electron chi connectivity index (χ4n) is 0.804. The van der Waals surface area contributed by atoms with Crippen LogP contribution in [-0.4, -0.2) is 22.7 Å². The van der Waals surface area contributed by atoms with Crippen molar-refractivity contribution in [1.82, 2.24) is 4.98 Å². The Balaban J connectivity index is 2.16. The number of hydrogen-bond donors (Lipinski definition) is 1. The second-order valence-electron chi connectivity index (χ2n) is 2.54. The number of carboxylic acids is 1. The predicted octanol–water partition coefficient (Wildman–Crippen LogP) is 1.44. The first-order chi connectivity index (χ1) is 6.18. The van der Waals surface area contributed by atoms with Crippen molar-refractivity contribution >= 4 is 17.3 Å². The van der Waals surface area contributed by atoms with Crippen molar-refractivity contribution in [3.63, 3.8) is 0 Å². The minimum absolute atomic E-state index is 0.0534. The van der Waals surface area contributed by atoms with Gasteiger partial charge in [-0.05, 0) is 6.92 Å². The molecule has 1 aromatic heterocycles. The van der Waals surface area contributed by atoms with Gasteiger partial charge >= 0.3 is 5.97 Å². The molecule has 13 heavy (non-hydrogen) atoms. The molecule has 5 heteroatoms. The Morgan fingerprint density at radius 1 is 1.77 bits per heavy atom. The highest BCUT2D eigenvalue weighted by Crippen LogP contribution is 2.12. The first kappa shape index (κ1) is 10.1. The Hall–Kier alpha value is -0.940. The van der Waals surface area contributed by atoms with Crippen molar-refractivity contribution in [2.24, 2.45) is 0 Å². The molecule has 0 unspecified atom stereocenters. The smallest absolute Gasteiger partial charge is 0.305 e. The van der Waals surface area contributed by atoms with E-state index < -0.39 is 5.97 Å². The summed E-state index contributed by atoms with van der Waals surface area (Å²) in [5.41, 5.74) is 0. The number of thiazole rings is 1. The average molecular weight is 201 g/mol. The van der Waals surface area contributed by atoms with Gasteiger partial charge in [-0.2, -0.15) is 0 Å². The fourth-order valence-corrected chi connectivity index (χ4v) is 1.54. The van der Waals surface area contributed by atoms with Crippen molar-refractivity contribution in [1.29, 1.82) is 0 Å². The predicted molar refractivity (Wildman–Crippen MR) is 48.8 cm³/mol. The number of aryl methyl sites for hydroxylation is 1. The van der Waals surface area contributed by atoms with Crippen molar-refractivity contribution in [2.45, 2.75) is 20.0 Å². The first-order valence-electron chi connectivity index (χ1n) is 3.89. The molecule has 0 saturated carbocycles. The van der Waals surface area contributed by atoms with E-state index in [1.165, 1.54) is 0 Å². The molecule has 0 radical (unpaired) electrons. The van der Waals surface area contributed by atoms with E-state index in [9.17, 15) is 4.79 Å². The van der Waals surface area contributed by atoms with Gasteiger partial charge in [0.2, 0.25) is 0 Å². The van der Waals surface area contributed by atoms with Crippen LogP contribution in [0.5, 0.6) is 0 Å². The second kappa shape index (κ2) is 4.94. The summed E-state index contributed by atoms with van der Waals surface area (Å²) in [4.78, 5) is 15.2. The lowest BCUT2D eigenvalue weighted by atomic mass is 10.5. The molecule has 0 saturated heterocycles. The van der Waals surface area contributed by atoms with Crippen LogP contribution in [-0.2, 0) is 16.1 Å². The van der Waals surface area contributed by atoms with Gasteiger partial charge in [0.05, 0.1) is 29.5 Å². The number of aliphatic carboxylic acids is 1. The first-order valence-corrected chi connectivity index (χ1v) is 4.71. The summed E-state index contributed by atoms with van der Waals surface area (Å²) in [6, 6.07) is 0. The highest BCUT2D eigenvalue weighted by atomic mass is 32.1. The van der Waals surface area contributed by atoms with Crippen LogP contribution in [0.3, 0.4) is 0 Å². The Bertz CT molecular complexity index is 285. The summed E-state index contributed by atoms with van der Waals surface area (Å²) < 4.78 is 5.13. The number of rotatable bonds is 5. The lowest BCUT2D eigenvalue weighted by Crippen LogP contribution is -2.01. The van der Waals surface area contributed by atoms with E-state index in [1.807, 2.05) is 6.92 Å². The van der Waals surface area contributed by atoms with E-state index in [2.05, 4.69) is 4.98 Å². The summed E-state index contributed by atoms with van der Waals surface area (Å²) in [6.07, 6.45) is 1.80. The normalized spacial score (nSPS) is 10.2. The molecular weight excluding hydrogens is 190 g/mol. The van der Waals surface area contributed by atoms with E-state index in [0.717, 1.165) is 9.88 Å². The van der Waals surface area contributed by atoms with Gasteiger partial charge in [0.15, 0.2) is 0 Å². The highest BCUT2D eigenvalue weighted by Gasteiger charge is 1.99. The molecule has 0 spiro atoms. The lowest BCUT2D eigenvalue weighted by Gasteiger charge is -1.98. The molecule has 0 fully saturated rings. The van der Waals surface area contributed by atoms with Crippen molar-refractivity contribution < 1.29 is 14.6 Å². The van der Waals surface area contributed by atoms with Crippen LogP contribution in [0.25, 0.3) is 0 Å². The van der Waals surface area contributed by atoms with Gasteiger partial charge in [-0.25, -0.2) is 4.98 Å². The third-order valence-corrected chi connectivity index (χ3v) is 2.26. The number of hydrogen-bond acceptors (Lipinski definition) is 4. The Morgan fingerprint density at radius 3 is 3.08 bits per heavy atom. The third kappa shape index (κ3) is 4.00. The molecule has 1 heterocycles. The SMILES string of the molecule is Cc1ncc(COCCC(=O)O)s1. The largest absolute Gasteiger partial charge is 0.481 e. The van der Waals surface area contributed by atoms with Gasteiger partial charge in [0, 0.05) is 6.20 Å². The van der Waals surface area contributed by atoms with E-state index in [-0.39, 0.29) is 13.0 Å². The number of aromatic nitrogens is 1. The Labute approximate surface area is 80.2 Å². The van der Waals surface area contributed by atoms with E-state index in [0.29, 0.717) is 6.61 Å². The zero-order valence-electron chi connectivity index (χ0n) is 7.32. The van der Waals surface area contributed by atoms with Crippen LogP contribution in [0, 0.1) is 6.92 Å². The molecule has 1 aromatic rings. The summed E-state index contributed by atoms with van der Waals surface area (Å²) in [7, 11) is 0. The number of carboxylic acid groups (broad SMARTS) is 1.